The van der Waals surface area contributed by atoms with Gasteiger partial charge in [-0.1, -0.05) is 48.5 Å². The fourth-order valence-electron chi connectivity index (χ4n) is 3.03. The number of nitrogen functional groups attached to an aromatic ring is 1. The van der Waals surface area contributed by atoms with Crippen molar-refractivity contribution in [2.75, 3.05) is 5.32 Å². The lowest BCUT2D eigenvalue weighted by Crippen LogP contribution is -2.13. The summed E-state index contributed by atoms with van der Waals surface area (Å²) in [6.45, 7) is 1.69. The lowest BCUT2D eigenvalue weighted by Gasteiger charge is -2.10. The number of nitrogens with two attached hydrogens (primary N) is 2. The largest absolute Gasteiger partial charge is 0.384 e. The highest BCUT2D eigenvalue weighted by Gasteiger charge is 2.14. The Bertz CT molecular complexity index is 1280. The molecule has 3 aromatic carbocycles. The number of rotatable bonds is 6. The zero-order chi connectivity index (χ0) is 22.6. The molecule has 0 heterocycles. The summed E-state index contributed by atoms with van der Waals surface area (Å²) < 4.78 is 23.6. The minimum absolute atomic E-state index is 0.0401. The van der Waals surface area contributed by atoms with Crippen molar-refractivity contribution in [3.63, 3.8) is 0 Å². The Kier molecular flexibility index (Phi) is 6.33. The average molecular weight is 435 g/mol. The summed E-state index contributed by atoms with van der Waals surface area (Å²) >= 11 is 0. The minimum Gasteiger partial charge on any atom is -0.384 e. The summed E-state index contributed by atoms with van der Waals surface area (Å²) in [5.41, 5.74) is 9.04. The van der Waals surface area contributed by atoms with Gasteiger partial charge in [-0.2, -0.15) is 0 Å². The van der Waals surface area contributed by atoms with Crippen LogP contribution in [0.5, 0.6) is 0 Å². The second-order valence-electron chi connectivity index (χ2n) is 6.94. The monoisotopic (exact) mass is 434 g/mol. The van der Waals surface area contributed by atoms with E-state index < -0.39 is 10.0 Å². The quantitative estimate of drug-likeness (QED) is 0.268. The van der Waals surface area contributed by atoms with E-state index in [2.05, 4.69) is 5.32 Å². The molecule has 0 bridgehead atoms. The predicted octanol–water partition coefficient (Wildman–Crippen LogP) is 3.33. The third-order valence-corrected chi connectivity index (χ3v) is 5.56. The van der Waals surface area contributed by atoms with E-state index in [0.29, 0.717) is 28.0 Å². The van der Waals surface area contributed by atoms with Gasteiger partial charge in [-0.15, -0.1) is 0 Å². The molecular formula is C23H22N4O3S. The molecular weight excluding hydrogens is 412 g/mol. The molecule has 0 unspecified atom stereocenters. The first-order valence-electron chi connectivity index (χ1n) is 9.31. The van der Waals surface area contributed by atoms with Gasteiger partial charge < -0.3 is 11.1 Å². The van der Waals surface area contributed by atoms with Crippen molar-refractivity contribution in [2.24, 2.45) is 10.9 Å². The minimum atomic E-state index is -3.86. The molecule has 31 heavy (non-hydrogen) atoms. The summed E-state index contributed by atoms with van der Waals surface area (Å²) in [6, 6.07) is 20.3. The van der Waals surface area contributed by atoms with Gasteiger partial charge in [-0.3, -0.25) is 10.2 Å². The molecule has 0 radical (unpaired) electrons. The Morgan fingerprint density at radius 1 is 1.00 bits per heavy atom. The molecule has 0 aromatic heterocycles. The summed E-state index contributed by atoms with van der Waals surface area (Å²) in [4.78, 5) is 12.6. The summed E-state index contributed by atoms with van der Waals surface area (Å²) in [7, 11) is -3.86. The molecule has 0 saturated carbocycles. The number of primary sulfonamides is 1. The number of nitrogens with one attached hydrogen (secondary N) is 2. The van der Waals surface area contributed by atoms with E-state index >= 15 is 0 Å². The van der Waals surface area contributed by atoms with E-state index in [9.17, 15) is 13.2 Å². The van der Waals surface area contributed by atoms with Crippen LogP contribution in [0, 0.1) is 5.41 Å². The molecule has 0 fully saturated rings. The highest BCUT2D eigenvalue weighted by Crippen LogP contribution is 2.27. The first kappa shape index (κ1) is 21.9. The standard InChI is InChI=1S/C23H22N4O3S/c1-15(13-16-5-4-6-18(14-16)22(24)25)23(28)27-19-11-9-17(10-12-19)20-7-2-3-8-21(20)31(26,29)30/h2-14H,1H3,(H3,24,25)(H,27,28)(H2,26,29,30)/b15-13-. The highest BCUT2D eigenvalue weighted by molar-refractivity contribution is 7.89. The number of amidine groups is 1. The maximum absolute atomic E-state index is 12.5. The molecule has 3 rings (SSSR count). The molecule has 8 heteroatoms. The molecule has 3 aromatic rings. The van der Waals surface area contributed by atoms with Gasteiger partial charge in [0.25, 0.3) is 5.91 Å². The summed E-state index contributed by atoms with van der Waals surface area (Å²) in [5, 5.41) is 15.6. The van der Waals surface area contributed by atoms with Crippen LogP contribution >= 0.6 is 0 Å². The maximum atomic E-state index is 12.5. The van der Waals surface area contributed by atoms with Crippen molar-refractivity contribution in [2.45, 2.75) is 11.8 Å². The van der Waals surface area contributed by atoms with Crippen LogP contribution < -0.4 is 16.2 Å². The zero-order valence-electron chi connectivity index (χ0n) is 16.8. The Balaban J connectivity index is 1.78. The molecule has 0 aliphatic carbocycles. The van der Waals surface area contributed by atoms with Crippen molar-refractivity contribution >= 4 is 33.5 Å². The van der Waals surface area contributed by atoms with Crippen LogP contribution in [0.15, 0.2) is 83.3 Å². The number of sulfonamides is 1. The third-order valence-electron chi connectivity index (χ3n) is 4.59. The van der Waals surface area contributed by atoms with Crippen LogP contribution in [0.4, 0.5) is 5.69 Å². The van der Waals surface area contributed by atoms with Gasteiger partial charge in [0.15, 0.2) is 0 Å². The van der Waals surface area contributed by atoms with Crippen molar-refractivity contribution in [1.82, 2.24) is 0 Å². The lowest BCUT2D eigenvalue weighted by molar-refractivity contribution is -0.112. The van der Waals surface area contributed by atoms with Crippen LogP contribution in [0.2, 0.25) is 0 Å². The molecule has 0 spiro atoms. The first-order chi connectivity index (χ1) is 14.6. The van der Waals surface area contributed by atoms with Crippen LogP contribution in [0.25, 0.3) is 17.2 Å². The van der Waals surface area contributed by atoms with E-state index in [0.717, 1.165) is 5.56 Å². The number of amides is 1. The average Bonchev–Trinajstić information content (AvgIpc) is 2.74. The van der Waals surface area contributed by atoms with Gasteiger partial charge in [0, 0.05) is 22.4 Å². The fourth-order valence-corrected chi connectivity index (χ4v) is 3.79. The van der Waals surface area contributed by atoms with Crippen molar-refractivity contribution in [3.05, 3.63) is 89.5 Å². The number of hydrogen-bond donors (Lipinski definition) is 4. The molecule has 0 saturated heterocycles. The number of benzene rings is 3. The Morgan fingerprint density at radius 2 is 1.68 bits per heavy atom. The van der Waals surface area contributed by atoms with E-state index in [1.54, 1.807) is 73.7 Å². The van der Waals surface area contributed by atoms with E-state index in [-0.39, 0.29) is 16.6 Å². The van der Waals surface area contributed by atoms with Gasteiger partial charge in [-0.05, 0) is 48.4 Å². The second-order valence-corrected chi connectivity index (χ2v) is 8.47. The van der Waals surface area contributed by atoms with Gasteiger partial charge in [-0.25, -0.2) is 13.6 Å². The van der Waals surface area contributed by atoms with Crippen LogP contribution in [-0.2, 0) is 14.8 Å². The fraction of sp³-hybridized carbons (Fsp3) is 0.0435. The summed E-state index contributed by atoms with van der Waals surface area (Å²) in [5.74, 6) is -0.327. The topological polar surface area (TPSA) is 139 Å². The van der Waals surface area contributed by atoms with Gasteiger partial charge in [0.1, 0.15) is 5.84 Å². The van der Waals surface area contributed by atoms with Crippen molar-refractivity contribution in [1.29, 1.82) is 5.41 Å². The SMILES string of the molecule is C/C(=C/c1cccc(C(=N)N)c1)C(=O)Nc1ccc(-c2ccccc2S(N)(=O)=O)cc1. The highest BCUT2D eigenvalue weighted by atomic mass is 32.2. The summed E-state index contributed by atoms with van der Waals surface area (Å²) in [6.07, 6.45) is 1.71. The lowest BCUT2D eigenvalue weighted by atomic mass is 10.1. The Hall–Kier alpha value is -3.75. The first-order valence-corrected chi connectivity index (χ1v) is 10.9. The number of hydrogen-bond acceptors (Lipinski definition) is 4. The number of carbonyl (C=O) groups excluding carboxylic acids is 1. The van der Waals surface area contributed by atoms with Gasteiger partial charge in [0.2, 0.25) is 10.0 Å². The molecule has 0 aliphatic heterocycles. The molecule has 158 valence electrons. The van der Waals surface area contributed by atoms with Crippen molar-refractivity contribution in [3.8, 4) is 11.1 Å². The van der Waals surface area contributed by atoms with Crippen molar-refractivity contribution < 1.29 is 13.2 Å². The van der Waals surface area contributed by atoms with Gasteiger partial charge >= 0.3 is 0 Å². The van der Waals surface area contributed by atoms with E-state index in [1.165, 1.54) is 6.07 Å². The molecule has 7 nitrogen and oxygen atoms in total. The normalized spacial score (nSPS) is 11.7. The molecule has 0 aliphatic rings. The molecule has 0 atom stereocenters. The van der Waals surface area contributed by atoms with Crippen LogP contribution in [-0.4, -0.2) is 20.2 Å². The number of anilines is 1. The maximum Gasteiger partial charge on any atom is 0.251 e. The zero-order valence-corrected chi connectivity index (χ0v) is 17.6. The van der Waals surface area contributed by atoms with Crippen LogP contribution in [0.1, 0.15) is 18.1 Å². The van der Waals surface area contributed by atoms with Gasteiger partial charge in [0.05, 0.1) is 4.90 Å². The number of carbonyl (C=O) groups is 1. The Morgan fingerprint density at radius 3 is 2.32 bits per heavy atom. The van der Waals surface area contributed by atoms with E-state index in [1.807, 2.05) is 6.07 Å². The smallest absolute Gasteiger partial charge is 0.251 e. The molecule has 1 amide bonds. The predicted molar refractivity (Wildman–Crippen MR) is 123 cm³/mol. The Labute approximate surface area is 181 Å². The van der Waals surface area contributed by atoms with Crippen LogP contribution in [0.3, 0.4) is 0 Å². The molecule has 6 N–H and O–H groups in total. The third kappa shape index (κ3) is 5.44. The van der Waals surface area contributed by atoms with E-state index in [4.69, 9.17) is 16.3 Å². The second kappa shape index (κ2) is 8.95.